The van der Waals surface area contributed by atoms with E-state index in [1.807, 2.05) is 0 Å². The Morgan fingerprint density at radius 1 is 1.13 bits per heavy atom. The highest BCUT2D eigenvalue weighted by molar-refractivity contribution is 6.61. The number of aromatic nitrogens is 1. The first-order chi connectivity index (χ1) is 11.2. The van der Waals surface area contributed by atoms with Gasteiger partial charge >= 0.3 is 7.12 Å². The van der Waals surface area contributed by atoms with Gasteiger partial charge in [-0.1, -0.05) is 0 Å². The second-order valence-corrected chi connectivity index (χ2v) is 5.72. The molecular weight excluding hydrogens is 300 g/mol. The number of hydrogen-bond donors (Lipinski definition) is 3. The van der Waals surface area contributed by atoms with Gasteiger partial charge in [0, 0.05) is 49.3 Å². The highest BCUT2D eigenvalue weighted by atomic mass is 19.1. The molecule has 120 valence electrons. The lowest BCUT2D eigenvalue weighted by molar-refractivity contribution is 0.0957. The Bertz CT molecular complexity index is 756. The van der Waals surface area contributed by atoms with Gasteiger partial charge in [0.05, 0.1) is 5.56 Å². The number of carbonyl (C=O) groups excluding carboxylic acids is 1. The molecule has 0 atom stereocenters. The molecule has 1 amide bonds. The van der Waals surface area contributed by atoms with Crippen molar-refractivity contribution in [2.45, 2.75) is 6.42 Å². The Morgan fingerprint density at radius 3 is 2.70 bits per heavy atom. The molecule has 1 saturated heterocycles. The minimum Gasteiger partial charge on any atom is -0.405 e. The molecule has 2 aromatic rings. The average Bonchev–Trinajstić information content (AvgIpc) is 2.75. The summed E-state index contributed by atoms with van der Waals surface area (Å²) in [4.78, 5) is 15.4. The summed E-state index contributed by atoms with van der Waals surface area (Å²) in [5.41, 5.74) is 2.72. The Kier molecular flexibility index (Phi) is 3.80. The second kappa shape index (κ2) is 5.95. The summed E-state index contributed by atoms with van der Waals surface area (Å²) < 4.78 is 25.4. The van der Waals surface area contributed by atoms with Crippen LogP contribution in [0.1, 0.15) is 15.9 Å². The van der Waals surface area contributed by atoms with Crippen molar-refractivity contribution in [2.24, 2.45) is 0 Å². The van der Waals surface area contributed by atoms with Crippen LogP contribution in [0.15, 0.2) is 12.1 Å². The van der Waals surface area contributed by atoms with Crippen LogP contribution in [-0.4, -0.2) is 50.9 Å². The van der Waals surface area contributed by atoms with E-state index in [0.717, 1.165) is 29.6 Å². The van der Waals surface area contributed by atoms with Crippen LogP contribution in [0, 0.1) is 5.82 Å². The Morgan fingerprint density at radius 2 is 1.91 bits per heavy atom. The molecule has 8 heteroatoms. The predicted molar refractivity (Wildman–Crippen MR) is 84.5 cm³/mol. The lowest BCUT2D eigenvalue weighted by Gasteiger charge is -2.19. The summed E-state index contributed by atoms with van der Waals surface area (Å²) in [6.07, 6.45) is 0.654. The van der Waals surface area contributed by atoms with E-state index in [4.69, 9.17) is 9.31 Å². The lowest BCUT2D eigenvalue weighted by atomic mass is 9.80. The quantitative estimate of drug-likeness (QED) is 0.644. The first-order valence-corrected chi connectivity index (χ1v) is 7.80. The molecule has 0 unspecified atom stereocenters. The van der Waals surface area contributed by atoms with Gasteiger partial charge in [0.25, 0.3) is 5.91 Å². The zero-order valence-electron chi connectivity index (χ0n) is 12.6. The molecule has 4 rings (SSSR count). The fourth-order valence-corrected chi connectivity index (χ4v) is 3.24. The van der Waals surface area contributed by atoms with E-state index in [0.29, 0.717) is 37.3 Å². The number of benzene rings is 1. The summed E-state index contributed by atoms with van der Waals surface area (Å²) in [6.45, 7) is 3.07. The number of aromatic amines is 1. The zero-order valence-corrected chi connectivity index (χ0v) is 12.6. The van der Waals surface area contributed by atoms with Gasteiger partial charge in [0.1, 0.15) is 5.82 Å². The van der Waals surface area contributed by atoms with Gasteiger partial charge < -0.3 is 24.9 Å². The van der Waals surface area contributed by atoms with E-state index in [-0.39, 0.29) is 5.91 Å². The van der Waals surface area contributed by atoms with E-state index < -0.39 is 12.9 Å². The van der Waals surface area contributed by atoms with Crippen LogP contribution in [0.5, 0.6) is 0 Å². The van der Waals surface area contributed by atoms with Crippen LogP contribution in [0.2, 0.25) is 0 Å². The van der Waals surface area contributed by atoms with Crippen LogP contribution in [-0.2, 0) is 15.7 Å². The van der Waals surface area contributed by atoms with Crippen LogP contribution < -0.4 is 16.2 Å². The summed E-state index contributed by atoms with van der Waals surface area (Å²) in [5, 5.41) is 6.77. The van der Waals surface area contributed by atoms with Crippen LogP contribution in [0.4, 0.5) is 4.39 Å². The van der Waals surface area contributed by atoms with Crippen molar-refractivity contribution in [3.05, 3.63) is 29.1 Å². The number of H-pyrrole nitrogens is 1. The van der Waals surface area contributed by atoms with E-state index in [2.05, 4.69) is 15.6 Å². The van der Waals surface area contributed by atoms with Gasteiger partial charge in [-0.15, -0.1) is 0 Å². The number of carbonyl (C=O) groups is 1. The summed E-state index contributed by atoms with van der Waals surface area (Å²) in [7, 11) is -0.524. The molecule has 6 nitrogen and oxygen atoms in total. The molecule has 3 heterocycles. The van der Waals surface area contributed by atoms with E-state index >= 15 is 0 Å². The standard InChI is InChI=1S/C15H17BFN3O3/c17-9-7-11-13-10(1-2-19-15(11)21)14(20-12(13)8-9)16-22-5-3-18-4-6-23-16/h7-8,18,20H,1-6H2,(H,19,21). The topological polar surface area (TPSA) is 75.4 Å². The van der Waals surface area contributed by atoms with Crippen molar-refractivity contribution in [1.82, 2.24) is 15.6 Å². The maximum absolute atomic E-state index is 13.8. The molecule has 0 spiro atoms. The molecule has 2 aliphatic heterocycles. The molecule has 0 saturated carbocycles. The number of halogens is 1. The third kappa shape index (κ3) is 2.63. The second-order valence-electron chi connectivity index (χ2n) is 5.72. The van der Waals surface area contributed by atoms with Gasteiger partial charge in [-0.2, -0.15) is 0 Å². The first-order valence-electron chi connectivity index (χ1n) is 7.80. The molecule has 1 fully saturated rings. The van der Waals surface area contributed by atoms with Gasteiger partial charge in [-0.25, -0.2) is 4.39 Å². The molecule has 0 radical (unpaired) electrons. The van der Waals surface area contributed by atoms with E-state index in [1.54, 1.807) is 0 Å². The van der Waals surface area contributed by atoms with Gasteiger partial charge in [-0.05, 0) is 24.1 Å². The Balaban J connectivity index is 1.85. The Hall–Kier alpha value is -1.90. The SMILES string of the molecule is O=C1NCCc2c(B3OCCNCCO3)[nH]c3cc(F)cc1c23. The normalized spacial score (nSPS) is 19.2. The van der Waals surface area contributed by atoms with Gasteiger partial charge in [0.2, 0.25) is 0 Å². The summed E-state index contributed by atoms with van der Waals surface area (Å²) >= 11 is 0. The van der Waals surface area contributed by atoms with Gasteiger partial charge in [0.15, 0.2) is 0 Å². The predicted octanol–water partition coefficient (Wildman–Crippen LogP) is -0.0755. The molecule has 2 aliphatic rings. The van der Waals surface area contributed by atoms with Crippen LogP contribution in [0.3, 0.4) is 0 Å². The lowest BCUT2D eigenvalue weighted by Crippen LogP contribution is -2.45. The third-order valence-electron chi connectivity index (χ3n) is 4.24. The van der Waals surface area contributed by atoms with E-state index in [9.17, 15) is 9.18 Å². The minimum atomic E-state index is -0.524. The monoisotopic (exact) mass is 317 g/mol. The van der Waals surface area contributed by atoms with Crippen molar-refractivity contribution < 1.29 is 18.5 Å². The molecule has 1 aromatic carbocycles. The van der Waals surface area contributed by atoms with Crippen LogP contribution in [0.25, 0.3) is 10.9 Å². The number of hydrogen-bond acceptors (Lipinski definition) is 4. The van der Waals surface area contributed by atoms with Gasteiger partial charge in [-0.3, -0.25) is 4.79 Å². The molecule has 3 N–H and O–H groups in total. The number of nitrogens with one attached hydrogen (secondary N) is 3. The number of amides is 1. The zero-order chi connectivity index (χ0) is 15.8. The Labute approximate surface area is 132 Å². The third-order valence-corrected chi connectivity index (χ3v) is 4.24. The maximum atomic E-state index is 13.8. The first kappa shape index (κ1) is 14.7. The smallest absolute Gasteiger partial charge is 0.405 e. The molecular formula is C15H17BFN3O3. The van der Waals surface area contributed by atoms with Crippen molar-refractivity contribution in [1.29, 1.82) is 0 Å². The molecule has 0 bridgehead atoms. The summed E-state index contributed by atoms with van der Waals surface area (Å²) in [6, 6.07) is 2.70. The number of rotatable bonds is 1. The largest absolute Gasteiger partial charge is 0.511 e. The van der Waals surface area contributed by atoms with Crippen molar-refractivity contribution in [3.8, 4) is 0 Å². The van der Waals surface area contributed by atoms with E-state index in [1.165, 1.54) is 12.1 Å². The molecule has 0 aliphatic carbocycles. The molecule has 23 heavy (non-hydrogen) atoms. The highest BCUT2D eigenvalue weighted by Crippen LogP contribution is 2.26. The average molecular weight is 317 g/mol. The fourth-order valence-electron chi connectivity index (χ4n) is 3.24. The summed E-state index contributed by atoms with van der Waals surface area (Å²) in [5.74, 6) is -0.685. The fraction of sp³-hybridized carbons (Fsp3) is 0.400. The van der Waals surface area contributed by atoms with Crippen molar-refractivity contribution in [3.63, 3.8) is 0 Å². The molecule has 1 aromatic heterocycles. The maximum Gasteiger partial charge on any atom is 0.511 e. The van der Waals surface area contributed by atoms with Crippen molar-refractivity contribution >= 4 is 29.5 Å². The highest BCUT2D eigenvalue weighted by Gasteiger charge is 2.31. The van der Waals surface area contributed by atoms with Crippen molar-refractivity contribution in [2.75, 3.05) is 32.8 Å². The van der Waals surface area contributed by atoms with Crippen LogP contribution >= 0.6 is 0 Å². The minimum absolute atomic E-state index is 0.248.